The molecule has 160 valence electrons. The molecular weight excluding hydrogens is 392 g/mol. The Kier molecular flexibility index (Phi) is 5.75. The minimum Gasteiger partial charge on any atom is -0.497 e. The Bertz CT molecular complexity index is 1120. The standard InChI is InChI=1S/C24H26N4O3/c1-4-15-9-11-17(12-10-15)25-21(29)14-20-24(30)26-23-22(19(5-2)27-28(20)23)16-7-6-8-18(13-16)31-3/h6-13,20H,4-5,14H2,1-3H3,(H,25,29)(H,26,30). The van der Waals surface area contributed by atoms with Crippen LogP contribution in [-0.4, -0.2) is 28.7 Å². The van der Waals surface area contributed by atoms with Crippen molar-refractivity contribution in [2.45, 2.75) is 39.2 Å². The molecule has 2 N–H and O–H groups in total. The largest absolute Gasteiger partial charge is 0.497 e. The predicted octanol–water partition coefficient (Wildman–Crippen LogP) is 4.21. The number of carbonyl (C=O) groups excluding carboxylic acids is 2. The van der Waals surface area contributed by atoms with Crippen molar-refractivity contribution in [2.24, 2.45) is 0 Å². The molecule has 7 nitrogen and oxygen atoms in total. The number of rotatable bonds is 7. The molecule has 1 aliphatic heterocycles. The smallest absolute Gasteiger partial charge is 0.251 e. The van der Waals surface area contributed by atoms with Crippen LogP contribution in [0.1, 0.15) is 37.6 Å². The molecule has 4 rings (SSSR count). The number of carbonyl (C=O) groups is 2. The van der Waals surface area contributed by atoms with E-state index in [4.69, 9.17) is 4.74 Å². The van der Waals surface area contributed by atoms with Gasteiger partial charge < -0.3 is 15.4 Å². The predicted molar refractivity (Wildman–Crippen MR) is 120 cm³/mol. The van der Waals surface area contributed by atoms with Crippen LogP contribution in [0, 0.1) is 0 Å². The lowest BCUT2D eigenvalue weighted by Gasteiger charge is -2.10. The summed E-state index contributed by atoms with van der Waals surface area (Å²) in [5, 5.41) is 10.5. The third kappa shape index (κ3) is 4.03. The Balaban J connectivity index is 1.59. The molecule has 31 heavy (non-hydrogen) atoms. The summed E-state index contributed by atoms with van der Waals surface area (Å²) in [6, 6.07) is 14.7. The van der Waals surface area contributed by atoms with Crippen LogP contribution in [0.25, 0.3) is 11.1 Å². The summed E-state index contributed by atoms with van der Waals surface area (Å²) < 4.78 is 6.99. The van der Waals surface area contributed by atoms with Gasteiger partial charge in [0, 0.05) is 11.3 Å². The number of benzene rings is 2. The van der Waals surface area contributed by atoms with Crippen molar-refractivity contribution in [1.82, 2.24) is 9.78 Å². The minimum atomic E-state index is -0.686. The summed E-state index contributed by atoms with van der Waals surface area (Å²) in [7, 11) is 1.62. The molecule has 3 aromatic rings. The third-order valence-corrected chi connectivity index (χ3v) is 5.54. The molecular formula is C24H26N4O3. The minimum absolute atomic E-state index is 0.0107. The number of anilines is 2. The van der Waals surface area contributed by atoms with Gasteiger partial charge in [0.25, 0.3) is 5.91 Å². The van der Waals surface area contributed by atoms with E-state index >= 15 is 0 Å². The summed E-state index contributed by atoms with van der Waals surface area (Å²) in [6.45, 7) is 4.10. The Morgan fingerprint density at radius 3 is 2.61 bits per heavy atom. The van der Waals surface area contributed by atoms with Gasteiger partial charge in [-0.25, -0.2) is 4.68 Å². The number of methoxy groups -OCH3 is 1. The molecule has 1 aliphatic rings. The van der Waals surface area contributed by atoms with E-state index in [0.29, 0.717) is 17.9 Å². The first-order chi connectivity index (χ1) is 15.0. The van der Waals surface area contributed by atoms with Gasteiger partial charge in [-0.05, 0) is 48.2 Å². The molecule has 2 amide bonds. The molecule has 7 heteroatoms. The summed E-state index contributed by atoms with van der Waals surface area (Å²) in [6.07, 6.45) is 1.65. The van der Waals surface area contributed by atoms with Crippen LogP contribution in [0.15, 0.2) is 48.5 Å². The summed E-state index contributed by atoms with van der Waals surface area (Å²) in [5.74, 6) is 0.897. The fourth-order valence-corrected chi connectivity index (χ4v) is 3.86. The number of aryl methyl sites for hydroxylation is 2. The molecule has 1 unspecified atom stereocenters. The van der Waals surface area contributed by atoms with Crippen LogP contribution < -0.4 is 15.4 Å². The monoisotopic (exact) mass is 418 g/mol. The average Bonchev–Trinajstić information content (AvgIpc) is 3.29. The normalized spacial score (nSPS) is 14.8. The second-order valence-corrected chi connectivity index (χ2v) is 7.51. The highest BCUT2D eigenvalue weighted by Crippen LogP contribution is 2.39. The first kappa shape index (κ1) is 20.7. The zero-order valence-corrected chi connectivity index (χ0v) is 17.9. The van der Waals surface area contributed by atoms with Gasteiger partial charge in [0.05, 0.1) is 19.2 Å². The second kappa shape index (κ2) is 8.63. The Labute approximate surface area is 181 Å². The van der Waals surface area contributed by atoms with Crippen molar-refractivity contribution < 1.29 is 14.3 Å². The summed E-state index contributed by atoms with van der Waals surface area (Å²) >= 11 is 0. The van der Waals surface area contributed by atoms with E-state index in [1.54, 1.807) is 11.8 Å². The number of amides is 2. The van der Waals surface area contributed by atoms with Crippen LogP contribution in [0.3, 0.4) is 0 Å². The SMILES string of the molecule is CCc1ccc(NC(=O)CC2C(=O)Nc3c(-c4cccc(OC)c4)c(CC)nn32)cc1. The van der Waals surface area contributed by atoms with Gasteiger partial charge in [-0.15, -0.1) is 0 Å². The van der Waals surface area contributed by atoms with Crippen LogP contribution >= 0.6 is 0 Å². The molecule has 0 saturated heterocycles. The highest BCUT2D eigenvalue weighted by molar-refractivity contribution is 6.04. The van der Waals surface area contributed by atoms with E-state index in [-0.39, 0.29) is 18.2 Å². The quantitative estimate of drug-likeness (QED) is 0.602. The molecule has 1 atom stereocenters. The van der Waals surface area contributed by atoms with Crippen LogP contribution in [0.5, 0.6) is 5.75 Å². The van der Waals surface area contributed by atoms with Gasteiger partial charge in [0.15, 0.2) is 0 Å². The van der Waals surface area contributed by atoms with Crippen molar-refractivity contribution in [3.63, 3.8) is 0 Å². The lowest BCUT2D eigenvalue weighted by atomic mass is 10.0. The van der Waals surface area contributed by atoms with Crippen LogP contribution in [0.2, 0.25) is 0 Å². The van der Waals surface area contributed by atoms with E-state index in [1.807, 2.05) is 55.5 Å². The lowest BCUT2D eigenvalue weighted by molar-refractivity contribution is -0.123. The van der Waals surface area contributed by atoms with Crippen LogP contribution in [0.4, 0.5) is 11.5 Å². The first-order valence-electron chi connectivity index (χ1n) is 10.5. The molecule has 2 heterocycles. The summed E-state index contributed by atoms with van der Waals surface area (Å²) in [4.78, 5) is 25.3. The molecule has 0 spiro atoms. The van der Waals surface area contributed by atoms with Gasteiger partial charge >= 0.3 is 0 Å². The van der Waals surface area contributed by atoms with Crippen LogP contribution in [-0.2, 0) is 22.4 Å². The first-order valence-corrected chi connectivity index (χ1v) is 10.5. The lowest BCUT2D eigenvalue weighted by Crippen LogP contribution is -2.23. The van der Waals surface area contributed by atoms with E-state index < -0.39 is 6.04 Å². The van der Waals surface area contributed by atoms with Gasteiger partial charge in [-0.1, -0.05) is 38.1 Å². The number of hydrogen-bond acceptors (Lipinski definition) is 4. The van der Waals surface area contributed by atoms with Crippen molar-refractivity contribution in [3.8, 4) is 16.9 Å². The zero-order valence-electron chi connectivity index (χ0n) is 17.9. The second-order valence-electron chi connectivity index (χ2n) is 7.51. The highest BCUT2D eigenvalue weighted by atomic mass is 16.5. The Morgan fingerprint density at radius 2 is 1.94 bits per heavy atom. The Hall–Kier alpha value is -3.61. The fourth-order valence-electron chi connectivity index (χ4n) is 3.86. The van der Waals surface area contributed by atoms with Crippen molar-refractivity contribution in [3.05, 3.63) is 59.8 Å². The van der Waals surface area contributed by atoms with E-state index in [2.05, 4.69) is 22.7 Å². The highest BCUT2D eigenvalue weighted by Gasteiger charge is 2.36. The number of nitrogens with zero attached hydrogens (tertiary/aromatic N) is 2. The van der Waals surface area contributed by atoms with Crippen molar-refractivity contribution in [2.75, 3.05) is 17.7 Å². The molecule has 1 aromatic heterocycles. The molecule has 0 radical (unpaired) electrons. The zero-order chi connectivity index (χ0) is 22.0. The molecule has 2 aromatic carbocycles. The van der Waals surface area contributed by atoms with Gasteiger partial charge in [0.1, 0.15) is 17.6 Å². The molecule has 0 fully saturated rings. The van der Waals surface area contributed by atoms with Gasteiger partial charge in [0.2, 0.25) is 5.91 Å². The maximum Gasteiger partial charge on any atom is 0.251 e. The average molecular weight is 418 g/mol. The topological polar surface area (TPSA) is 85.2 Å². The maximum absolute atomic E-state index is 12.7. The molecule has 0 bridgehead atoms. The van der Waals surface area contributed by atoms with E-state index in [9.17, 15) is 9.59 Å². The van der Waals surface area contributed by atoms with E-state index in [1.165, 1.54) is 5.56 Å². The molecule has 0 saturated carbocycles. The van der Waals surface area contributed by atoms with Crippen molar-refractivity contribution >= 4 is 23.3 Å². The van der Waals surface area contributed by atoms with Gasteiger partial charge in [-0.2, -0.15) is 5.10 Å². The fraction of sp³-hybridized carbons (Fsp3) is 0.292. The van der Waals surface area contributed by atoms with Crippen molar-refractivity contribution in [1.29, 1.82) is 0 Å². The molecule has 0 aliphatic carbocycles. The van der Waals surface area contributed by atoms with E-state index in [0.717, 1.165) is 29.0 Å². The number of aromatic nitrogens is 2. The van der Waals surface area contributed by atoms with Gasteiger partial charge in [-0.3, -0.25) is 9.59 Å². The number of hydrogen-bond donors (Lipinski definition) is 2. The number of fused-ring (bicyclic) bond motifs is 1. The summed E-state index contributed by atoms with van der Waals surface area (Å²) in [5.41, 5.74) is 4.56. The third-order valence-electron chi connectivity index (χ3n) is 5.54. The number of ether oxygens (including phenoxy) is 1. The maximum atomic E-state index is 12.7. The number of nitrogens with one attached hydrogen (secondary N) is 2. The Morgan fingerprint density at radius 1 is 1.16 bits per heavy atom.